The molecule has 0 aliphatic heterocycles. The minimum Gasteiger partial charge on any atom is -0.336 e. The van der Waals surface area contributed by atoms with E-state index in [1.54, 1.807) is 10.9 Å². The van der Waals surface area contributed by atoms with Gasteiger partial charge in [0.2, 0.25) is 0 Å². The largest absolute Gasteiger partial charge is 0.336 e. The third-order valence-corrected chi connectivity index (χ3v) is 4.23. The number of hydrogen-bond acceptors (Lipinski definition) is 3. The molecule has 0 fully saturated rings. The summed E-state index contributed by atoms with van der Waals surface area (Å²) in [7, 11) is 1.86. The van der Waals surface area contributed by atoms with Crippen molar-refractivity contribution in [3.8, 4) is 0 Å². The van der Waals surface area contributed by atoms with Crippen LogP contribution in [0.4, 0.5) is 4.79 Å². The maximum absolute atomic E-state index is 12.2. The summed E-state index contributed by atoms with van der Waals surface area (Å²) < 4.78 is 1.80. The summed E-state index contributed by atoms with van der Waals surface area (Å²) in [5.74, 6) is 0.724. The molecule has 1 heterocycles. The average Bonchev–Trinajstić information content (AvgIpc) is 2.93. The first-order valence-corrected chi connectivity index (χ1v) is 8.26. The molecule has 24 heavy (non-hydrogen) atoms. The second-order valence-corrected chi connectivity index (χ2v) is 6.99. The summed E-state index contributed by atoms with van der Waals surface area (Å²) >= 11 is 0. The first kappa shape index (κ1) is 18.0. The van der Waals surface area contributed by atoms with Gasteiger partial charge >= 0.3 is 6.03 Å². The number of urea groups is 1. The lowest BCUT2D eigenvalue weighted by Gasteiger charge is -2.29. The van der Waals surface area contributed by atoms with Crippen LogP contribution in [0.2, 0.25) is 0 Å². The molecule has 1 aromatic carbocycles. The van der Waals surface area contributed by atoms with Crippen molar-refractivity contribution in [2.75, 3.05) is 0 Å². The van der Waals surface area contributed by atoms with E-state index in [2.05, 4.69) is 46.8 Å². The van der Waals surface area contributed by atoms with E-state index in [-0.39, 0.29) is 23.5 Å². The predicted octanol–water partition coefficient (Wildman–Crippen LogP) is 2.93. The fraction of sp³-hybridized carbons (Fsp3) is 0.500. The van der Waals surface area contributed by atoms with Gasteiger partial charge in [-0.3, -0.25) is 0 Å². The van der Waals surface area contributed by atoms with E-state index in [1.165, 1.54) is 5.56 Å². The monoisotopic (exact) mass is 329 g/mol. The second kappa shape index (κ2) is 7.47. The van der Waals surface area contributed by atoms with Gasteiger partial charge in [0.15, 0.2) is 5.82 Å². The van der Waals surface area contributed by atoms with E-state index in [0.717, 1.165) is 12.2 Å². The zero-order chi connectivity index (χ0) is 17.7. The van der Waals surface area contributed by atoms with E-state index < -0.39 is 0 Å². The molecule has 2 atom stereocenters. The molecule has 0 bridgehead atoms. The molecular weight excluding hydrogens is 302 g/mol. The Labute approximate surface area is 143 Å². The molecule has 0 aliphatic carbocycles. The third kappa shape index (κ3) is 4.57. The first-order chi connectivity index (χ1) is 11.3. The molecule has 0 radical (unpaired) electrons. The van der Waals surface area contributed by atoms with E-state index in [0.29, 0.717) is 0 Å². The average molecular weight is 329 g/mol. The maximum atomic E-state index is 12.2. The van der Waals surface area contributed by atoms with Gasteiger partial charge in [0, 0.05) is 13.1 Å². The second-order valence-electron chi connectivity index (χ2n) is 6.99. The van der Waals surface area contributed by atoms with Crippen molar-refractivity contribution in [2.45, 2.75) is 51.6 Å². The van der Waals surface area contributed by atoms with Crippen LogP contribution in [0, 0.1) is 0 Å². The summed E-state index contributed by atoms with van der Waals surface area (Å²) in [6.07, 6.45) is 2.47. The lowest BCUT2D eigenvalue weighted by molar-refractivity contribution is 0.231. The lowest BCUT2D eigenvalue weighted by atomic mass is 9.79. The Kier molecular flexibility index (Phi) is 5.59. The lowest BCUT2D eigenvalue weighted by Crippen LogP contribution is -2.44. The van der Waals surface area contributed by atoms with Crippen LogP contribution in [-0.2, 0) is 12.5 Å². The van der Waals surface area contributed by atoms with Gasteiger partial charge < -0.3 is 15.2 Å². The summed E-state index contributed by atoms with van der Waals surface area (Å²) in [6, 6.07) is 10.0. The molecule has 0 spiro atoms. The Hall–Kier alpha value is -2.37. The highest BCUT2D eigenvalue weighted by molar-refractivity contribution is 5.74. The molecule has 6 nitrogen and oxygen atoms in total. The zero-order valence-corrected chi connectivity index (χ0v) is 15.1. The highest BCUT2D eigenvalue weighted by Gasteiger charge is 2.24. The fourth-order valence-electron chi connectivity index (χ4n) is 3.03. The number of rotatable bonds is 6. The predicted molar refractivity (Wildman–Crippen MR) is 94.6 cm³/mol. The van der Waals surface area contributed by atoms with E-state index in [1.807, 2.05) is 39.1 Å². The number of aryl methyl sites for hydroxylation is 1. The van der Waals surface area contributed by atoms with Crippen molar-refractivity contribution in [1.29, 1.82) is 0 Å². The van der Waals surface area contributed by atoms with Crippen molar-refractivity contribution in [3.63, 3.8) is 0 Å². The molecule has 130 valence electrons. The number of aromatic nitrogens is 3. The van der Waals surface area contributed by atoms with Crippen LogP contribution in [0.1, 0.15) is 51.5 Å². The SMILES string of the molecule is C[C@H](CC(C)(C)c1ccccc1)NC(=O)N[C@H](C)c1nncn1C. The highest BCUT2D eigenvalue weighted by Crippen LogP contribution is 2.28. The Balaban J connectivity index is 1.89. The minimum atomic E-state index is -0.202. The smallest absolute Gasteiger partial charge is 0.315 e. The van der Waals surface area contributed by atoms with Crippen molar-refractivity contribution in [2.24, 2.45) is 7.05 Å². The van der Waals surface area contributed by atoms with Crippen LogP contribution in [0.25, 0.3) is 0 Å². The molecule has 2 N–H and O–H groups in total. The van der Waals surface area contributed by atoms with Gasteiger partial charge in [-0.1, -0.05) is 44.2 Å². The number of benzene rings is 1. The zero-order valence-electron chi connectivity index (χ0n) is 15.1. The van der Waals surface area contributed by atoms with Gasteiger partial charge in [0.25, 0.3) is 0 Å². The van der Waals surface area contributed by atoms with Crippen molar-refractivity contribution >= 4 is 6.03 Å². The van der Waals surface area contributed by atoms with Crippen LogP contribution >= 0.6 is 0 Å². The quantitative estimate of drug-likeness (QED) is 0.856. The van der Waals surface area contributed by atoms with Crippen LogP contribution in [0.5, 0.6) is 0 Å². The molecule has 0 saturated carbocycles. The van der Waals surface area contributed by atoms with Crippen molar-refractivity contribution < 1.29 is 4.79 Å². The Morgan fingerprint density at radius 3 is 2.46 bits per heavy atom. The van der Waals surface area contributed by atoms with Crippen LogP contribution in [0.3, 0.4) is 0 Å². The Morgan fingerprint density at radius 2 is 1.88 bits per heavy atom. The standard InChI is InChI=1S/C18H27N5O/c1-13(11-18(3,4)15-9-7-6-8-10-15)20-17(24)21-14(2)16-22-19-12-23(16)5/h6-10,12-14H,11H2,1-5H3,(H2,20,21,24)/t13-,14-/m1/s1. The van der Waals surface area contributed by atoms with Gasteiger partial charge in [-0.25, -0.2) is 4.79 Å². The summed E-state index contributed by atoms with van der Waals surface area (Å²) in [6.45, 7) is 8.31. The van der Waals surface area contributed by atoms with E-state index in [4.69, 9.17) is 0 Å². The fourth-order valence-corrected chi connectivity index (χ4v) is 3.03. The van der Waals surface area contributed by atoms with Crippen LogP contribution < -0.4 is 10.6 Å². The Morgan fingerprint density at radius 1 is 1.21 bits per heavy atom. The molecule has 2 rings (SSSR count). The van der Waals surface area contributed by atoms with Gasteiger partial charge in [-0.2, -0.15) is 0 Å². The van der Waals surface area contributed by atoms with E-state index >= 15 is 0 Å². The van der Waals surface area contributed by atoms with Gasteiger partial charge in [-0.05, 0) is 31.2 Å². The first-order valence-electron chi connectivity index (χ1n) is 8.26. The van der Waals surface area contributed by atoms with Gasteiger partial charge in [-0.15, -0.1) is 10.2 Å². The van der Waals surface area contributed by atoms with E-state index in [9.17, 15) is 4.79 Å². The molecule has 0 aliphatic rings. The molecule has 6 heteroatoms. The molecule has 0 unspecified atom stereocenters. The van der Waals surface area contributed by atoms with Crippen LogP contribution in [0.15, 0.2) is 36.7 Å². The molecule has 2 amide bonds. The molecule has 0 saturated heterocycles. The summed E-state index contributed by atoms with van der Waals surface area (Å²) in [5, 5.41) is 13.8. The Bertz CT molecular complexity index is 665. The van der Waals surface area contributed by atoms with Gasteiger partial charge in [0.05, 0.1) is 6.04 Å². The third-order valence-electron chi connectivity index (χ3n) is 4.23. The highest BCUT2D eigenvalue weighted by atomic mass is 16.2. The number of hydrogen-bond donors (Lipinski definition) is 2. The number of nitrogens with zero attached hydrogens (tertiary/aromatic N) is 3. The number of amides is 2. The number of carbonyl (C=O) groups excluding carboxylic acids is 1. The molecule has 1 aromatic heterocycles. The van der Waals surface area contributed by atoms with Crippen molar-refractivity contribution in [3.05, 3.63) is 48.0 Å². The number of carbonyl (C=O) groups is 1. The number of nitrogens with one attached hydrogen (secondary N) is 2. The summed E-state index contributed by atoms with van der Waals surface area (Å²) in [5.41, 5.74) is 1.26. The van der Waals surface area contributed by atoms with Crippen LogP contribution in [-0.4, -0.2) is 26.8 Å². The summed E-state index contributed by atoms with van der Waals surface area (Å²) in [4.78, 5) is 12.2. The molecular formula is C18H27N5O. The van der Waals surface area contributed by atoms with Gasteiger partial charge in [0.1, 0.15) is 6.33 Å². The normalized spacial score (nSPS) is 14.0. The maximum Gasteiger partial charge on any atom is 0.315 e. The molecule has 2 aromatic rings. The topological polar surface area (TPSA) is 71.8 Å². The minimum absolute atomic E-state index is 0.0107. The van der Waals surface area contributed by atoms with Crippen molar-refractivity contribution in [1.82, 2.24) is 25.4 Å².